The highest BCUT2D eigenvalue weighted by atomic mass is 19.1. The molecule has 1 atom stereocenters. The van der Waals surface area contributed by atoms with E-state index in [0.29, 0.717) is 22.7 Å². The Balaban J connectivity index is 2.20. The summed E-state index contributed by atoms with van der Waals surface area (Å²) in [6.07, 6.45) is 0.0538. The van der Waals surface area contributed by atoms with E-state index in [1.54, 1.807) is 12.1 Å². The van der Waals surface area contributed by atoms with Crippen LogP contribution in [0.25, 0.3) is 0 Å². The number of carbonyl (C=O) groups excluding carboxylic acids is 1. The average Bonchev–Trinajstić information content (AvgIpc) is 2.52. The number of carbonyl (C=O) groups is 1. The minimum absolute atomic E-state index is 0.0538. The zero-order valence-electron chi connectivity index (χ0n) is 12.7. The largest absolute Gasteiger partial charge is 0.497 e. The van der Waals surface area contributed by atoms with Crippen LogP contribution in [0.5, 0.6) is 11.5 Å². The van der Waals surface area contributed by atoms with E-state index in [4.69, 9.17) is 9.47 Å². The third-order valence-corrected chi connectivity index (χ3v) is 3.92. The van der Waals surface area contributed by atoms with Gasteiger partial charge in [-0.25, -0.2) is 8.78 Å². The molecule has 2 aromatic rings. The number of rotatable bonds is 3. The lowest BCUT2D eigenvalue weighted by atomic mass is 9.83. The van der Waals surface area contributed by atoms with E-state index in [2.05, 4.69) is 5.32 Å². The van der Waals surface area contributed by atoms with Crippen molar-refractivity contribution >= 4 is 11.6 Å². The normalized spacial score (nSPS) is 16.5. The van der Waals surface area contributed by atoms with Gasteiger partial charge in [-0.1, -0.05) is 6.07 Å². The number of hydrogen-bond donors (Lipinski definition) is 1. The molecular formula is C17H15F2NO3. The third kappa shape index (κ3) is 2.72. The van der Waals surface area contributed by atoms with Crippen molar-refractivity contribution in [3.63, 3.8) is 0 Å². The molecule has 0 aromatic heterocycles. The highest BCUT2D eigenvalue weighted by Crippen LogP contribution is 2.45. The number of benzene rings is 2. The maximum absolute atomic E-state index is 14.2. The van der Waals surface area contributed by atoms with Gasteiger partial charge in [0.15, 0.2) is 0 Å². The molecule has 1 aliphatic heterocycles. The van der Waals surface area contributed by atoms with Gasteiger partial charge in [0, 0.05) is 36.1 Å². The molecule has 0 radical (unpaired) electrons. The van der Waals surface area contributed by atoms with Crippen LogP contribution in [0.2, 0.25) is 0 Å². The van der Waals surface area contributed by atoms with E-state index < -0.39 is 17.6 Å². The van der Waals surface area contributed by atoms with Crippen LogP contribution in [0.15, 0.2) is 30.3 Å². The van der Waals surface area contributed by atoms with Crippen LogP contribution in [-0.4, -0.2) is 20.1 Å². The van der Waals surface area contributed by atoms with Crippen molar-refractivity contribution in [1.82, 2.24) is 0 Å². The topological polar surface area (TPSA) is 47.6 Å². The Kier molecular flexibility index (Phi) is 3.90. The van der Waals surface area contributed by atoms with Crippen LogP contribution >= 0.6 is 0 Å². The Hall–Kier alpha value is -2.63. The van der Waals surface area contributed by atoms with Crippen LogP contribution < -0.4 is 14.8 Å². The summed E-state index contributed by atoms with van der Waals surface area (Å²) in [5.41, 5.74) is 1.41. The van der Waals surface area contributed by atoms with Crippen molar-refractivity contribution < 1.29 is 23.0 Å². The number of methoxy groups -OCH3 is 2. The van der Waals surface area contributed by atoms with Crippen molar-refractivity contribution in [1.29, 1.82) is 0 Å². The number of ether oxygens (including phenoxy) is 2. The molecular weight excluding hydrogens is 304 g/mol. The van der Waals surface area contributed by atoms with Crippen LogP contribution in [0.1, 0.15) is 23.5 Å². The van der Waals surface area contributed by atoms with Crippen molar-refractivity contribution in [3.05, 3.63) is 53.1 Å². The number of nitrogens with one attached hydrogen (secondary N) is 1. The molecule has 1 amide bonds. The molecule has 0 aliphatic carbocycles. The fourth-order valence-electron chi connectivity index (χ4n) is 2.89. The molecule has 6 heteroatoms. The molecule has 0 saturated heterocycles. The number of hydrogen-bond acceptors (Lipinski definition) is 3. The van der Waals surface area contributed by atoms with Crippen molar-refractivity contribution in [3.8, 4) is 11.5 Å². The molecule has 0 saturated carbocycles. The first-order valence-electron chi connectivity index (χ1n) is 7.04. The minimum Gasteiger partial charge on any atom is -0.497 e. The average molecular weight is 319 g/mol. The number of halogens is 2. The second kappa shape index (κ2) is 5.87. The second-order valence-corrected chi connectivity index (χ2v) is 5.26. The van der Waals surface area contributed by atoms with Gasteiger partial charge in [0.05, 0.1) is 19.9 Å². The van der Waals surface area contributed by atoms with Gasteiger partial charge >= 0.3 is 0 Å². The minimum atomic E-state index is -0.687. The molecule has 1 N–H and O–H groups in total. The SMILES string of the molecule is COc1cc2c(c(OC)c1)[C@H](c1ccc(F)cc1F)CC(=O)N2. The predicted octanol–water partition coefficient (Wildman–Crippen LogP) is 3.46. The number of amides is 1. The Labute approximate surface area is 132 Å². The van der Waals surface area contributed by atoms with Gasteiger partial charge in [-0.05, 0) is 11.6 Å². The van der Waals surface area contributed by atoms with Crippen LogP contribution in [0.3, 0.4) is 0 Å². The zero-order chi connectivity index (χ0) is 16.6. The highest BCUT2D eigenvalue weighted by Gasteiger charge is 2.32. The van der Waals surface area contributed by atoms with Gasteiger partial charge in [-0.2, -0.15) is 0 Å². The van der Waals surface area contributed by atoms with Gasteiger partial charge < -0.3 is 14.8 Å². The summed E-state index contributed by atoms with van der Waals surface area (Å²) in [4.78, 5) is 12.0. The van der Waals surface area contributed by atoms with E-state index in [0.717, 1.165) is 6.07 Å². The summed E-state index contributed by atoms with van der Waals surface area (Å²) >= 11 is 0. The fourth-order valence-corrected chi connectivity index (χ4v) is 2.89. The molecule has 0 bridgehead atoms. The molecule has 0 spiro atoms. The molecule has 3 rings (SSSR count). The van der Waals surface area contributed by atoms with Crippen molar-refractivity contribution in [2.45, 2.75) is 12.3 Å². The van der Waals surface area contributed by atoms with E-state index in [1.165, 1.54) is 26.4 Å². The predicted molar refractivity (Wildman–Crippen MR) is 81.0 cm³/mol. The van der Waals surface area contributed by atoms with Gasteiger partial charge in [0.2, 0.25) is 5.91 Å². The molecule has 1 aliphatic rings. The summed E-state index contributed by atoms with van der Waals surface area (Å²) < 4.78 is 37.9. The summed E-state index contributed by atoms with van der Waals surface area (Å²) in [5.74, 6) is -1.15. The lowest BCUT2D eigenvalue weighted by Gasteiger charge is -2.28. The summed E-state index contributed by atoms with van der Waals surface area (Å²) in [6.45, 7) is 0. The van der Waals surface area contributed by atoms with E-state index in [9.17, 15) is 13.6 Å². The first-order valence-corrected chi connectivity index (χ1v) is 7.04. The smallest absolute Gasteiger partial charge is 0.225 e. The Bertz CT molecular complexity index is 777. The van der Waals surface area contributed by atoms with E-state index in [-0.39, 0.29) is 17.9 Å². The molecule has 23 heavy (non-hydrogen) atoms. The summed E-state index contributed by atoms with van der Waals surface area (Å²) in [5, 5.41) is 2.74. The Morgan fingerprint density at radius 3 is 2.57 bits per heavy atom. The molecule has 0 fully saturated rings. The molecule has 0 unspecified atom stereocenters. The third-order valence-electron chi connectivity index (χ3n) is 3.92. The monoisotopic (exact) mass is 319 g/mol. The van der Waals surface area contributed by atoms with E-state index >= 15 is 0 Å². The first kappa shape index (κ1) is 15.3. The van der Waals surface area contributed by atoms with Gasteiger partial charge in [-0.3, -0.25) is 4.79 Å². The lowest BCUT2D eigenvalue weighted by Crippen LogP contribution is -2.24. The standard InChI is InChI=1S/C17H15F2NO3/c1-22-10-6-14-17(15(7-10)23-2)12(8-16(21)20-14)11-4-3-9(18)5-13(11)19/h3-7,12H,8H2,1-2H3,(H,20,21)/t12-/m0/s1. The van der Waals surface area contributed by atoms with E-state index in [1.807, 2.05) is 0 Å². The van der Waals surface area contributed by atoms with Crippen LogP contribution in [0, 0.1) is 11.6 Å². The lowest BCUT2D eigenvalue weighted by molar-refractivity contribution is -0.116. The first-order chi connectivity index (χ1) is 11.0. The van der Waals surface area contributed by atoms with Crippen molar-refractivity contribution in [2.24, 2.45) is 0 Å². The number of fused-ring (bicyclic) bond motifs is 1. The fraction of sp³-hybridized carbons (Fsp3) is 0.235. The quantitative estimate of drug-likeness (QED) is 0.942. The molecule has 1 heterocycles. The molecule has 4 nitrogen and oxygen atoms in total. The Morgan fingerprint density at radius 2 is 1.91 bits per heavy atom. The Morgan fingerprint density at radius 1 is 1.13 bits per heavy atom. The molecule has 120 valence electrons. The maximum Gasteiger partial charge on any atom is 0.225 e. The highest BCUT2D eigenvalue weighted by molar-refractivity contribution is 5.96. The van der Waals surface area contributed by atoms with Crippen LogP contribution in [0.4, 0.5) is 14.5 Å². The summed E-state index contributed by atoms with van der Waals surface area (Å²) in [7, 11) is 2.99. The van der Waals surface area contributed by atoms with Gasteiger partial charge in [-0.15, -0.1) is 0 Å². The summed E-state index contributed by atoms with van der Waals surface area (Å²) in [6, 6.07) is 6.69. The van der Waals surface area contributed by atoms with Gasteiger partial charge in [0.25, 0.3) is 0 Å². The van der Waals surface area contributed by atoms with Crippen LogP contribution in [-0.2, 0) is 4.79 Å². The zero-order valence-corrected chi connectivity index (χ0v) is 12.7. The molecule has 2 aromatic carbocycles. The number of anilines is 1. The van der Waals surface area contributed by atoms with Crippen molar-refractivity contribution in [2.75, 3.05) is 19.5 Å². The second-order valence-electron chi connectivity index (χ2n) is 5.26. The van der Waals surface area contributed by atoms with Gasteiger partial charge in [0.1, 0.15) is 23.1 Å². The maximum atomic E-state index is 14.2.